The molecule has 0 unspecified atom stereocenters. The van der Waals surface area contributed by atoms with E-state index in [0.717, 1.165) is 0 Å². The van der Waals surface area contributed by atoms with Crippen LogP contribution in [0.15, 0.2) is 10.9 Å². The molecule has 0 aromatic carbocycles. The molecular formula is C16H35NSi. The van der Waals surface area contributed by atoms with Crippen LogP contribution in [0.1, 0.15) is 79.1 Å². The van der Waals surface area contributed by atoms with E-state index >= 15 is 0 Å². The van der Waals surface area contributed by atoms with Crippen LogP contribution in [0.2, 0.25) is 0 Å². The lowest BCUT2D eigenvalue weighted by molar-refractivity contribution is 0.327. The molecule has 0 spiro atoms. The summed E-state index contributed by atoms with van der Waals surface area (Å²) in [7, 11) is 1.25. The minimum absolute atomic E-state index is 1.25. The van der Waals surface area contributed by atoms with Gasteiger partial charge in [0, 0.05) is 29.0 Å². The van der Waals surface area contributed by atoms with E-state index in [4.69, 9.17) is 0 Å². The Morgan fingerprint density at radius 3 is 1.72 bits per heavy atom. The molecule has 0 amide bonds. The van der Waals surface area contributed by atoms with Crippen LogP contribution < -0.4 is 0 Å². The lowest BCUT2D eigenvalue weighted by Crippen LogP contribution is -2.26. The van der Waals surface area contributed by atoms with Gasteiger partial charge in [-0.1, -0.05) is 52.2 Å². The standard InChI is InChI=1S/C16H35NSi/c1-5-9-11-15(16(18)12-10-6-2)17(13-7-3)14-8-4/h5-14H2,1-4,18H3. The van der Waals surface area contributed by atoms with Crippen LogP contribution in [-0.4, -0.2) is 28.2 Å². The maximum atomic E-state index is 2.69. The van der Waals surface area contributed by atoms with Crippen LogP contribution >= 0.6 is 0 Å². The molecule has 18 heavy (non-hydrogen) atoms. The van der Waals surface area contributed by atoms with Crippen molar-refractivity contribution in [2.75, 3.05) is 13.1 Å². The van der Waals surface area contributed by atoms with Gasteiger partial charge < -0.3 is 4.90 Å². The zero-order valence-corrected chi connectivity index (χ0v) is 15.5. The van der Waals surface area contributed by atoms with E-state index in [0.29, 0.717) is 0 Å². The SMILES string of the molecule is CCCCC([SiH3])=C(CCCC)N(CCC)CCC. The Morgan fingerprint density at radius 1 is 0.778 bits per heavy atom. The Bertz CT molecular complexity index is 217. The summed E-state index contributed by atoms with van der Waals surface area (Å²) in [5.41, 5.74) is 1.72. The highest BCUT2D eigenvalue weighted by atomic mass is 28.1. The molecule has 2 heteroatoms. The first-order valence-corrected chi connectivity index (χ1v) is 9.14. The van der Waals surface area contributed by atoms with Crippen LogP contribution in [0.4, 0.5) is 0 Å². The lowest BCUT2D eigenvalue weighted by atomic mass is 10.1. The molecular weight excluding hydrogens is 234 g/mol. The van der Waals surface area contributed by atoms with Crippen molar-refractivity contribution in [3.05, 3.63) is 10.9 Å². The van der Waals surface area contributed by atoms with Gasteiger partial charge in [0.2, 0.25) is 0 Å². The molecule has 0 radical (unpaired) electrons. The van der Waals surface area contributed by atoms with Gasteiger partial charge in [0.15, 0.2) is 0 Å². The number of unbranched alkanes of at least 4 members (excludes halogenated alkanes) is 2. The largest absolute Gasteiger partial charge is 0.375 e. The van der Waals surface area contributed by atoms with Crippen LogP contribution in [0, 0.1) is 0 Å². The van der Waals surface area contributed by atoms with Gasteiger partial charge in [-0.2, -0.15) is 0 Å². The minimum atomic E-state index is 1.25. The molecule has 0 bridgehead atoms. The maximum absolute atomic E-state index is 2.69. The molecule has 0 fully saturated rings. The van der Waals surface area contributed by atoms with Crippen LogP contribution in [0.25, 0.3) is 0 Å². The van der Waals surface area contributed by atoms with Crippen LogP contribution in [-0.2, 0) is 0 Å². The predicted molar refractivity (Wildman–Crippen MR) is 88.2 cm³/mol. The second-order valence-corrected chi connectivity index (χ2v) is 6.63. The molecule has 1 nitrogen and oxygen atoms in total. The second kappa shape index (κ2) is 11.8. The highest BCUT2D eigenvalue weighted by Gasteiger charge is 2.10. The zero-order valence-electron chi connectivity index (χ0n) is 13.5. The fourth-order valence-corrected chi connectivity index (χ4v) is 3.41. The normalized spacial score (nSPS) is 12.7. The van der Waals surface area contributed by atoms with Gasteiger partial charge in [0.1, 0.15) is 0 Å². The molecule has 0 aromatic heterocycles. The average Bonchev–Trinajstić information content (AvgIpc) is 2.37. The predicted octanol–water partition coefficient (Wildman–Crippen LogP) is 4.07. The van der Waals surface area contributed by atoms with E-state index in [9.17, 15) is 0 Å². The topological polar surface area (TPSA) is 3.24 Å². The van der Waals surface area contributed by atoms with Crippen LogP contribution in [0.5, 0.6) is 0 Å². The fraction of sp³-hybridized carbons (Fsp3) is 0.875. The summed E-state index contributed by atoms with van der Waals surface area (Å²) in [6, 6.07) is 0. The number of rotatable bonds is 11. The Hall–Kier alpha value is -0.243. The molecule has 0 saturated carbocycles. The van der Waals surface area contributed by atoms with Crippen molar-refractivity contribution in [2.45, 2.75) is 79.1 Å². The average molecular weight is 270 g/mol. The van der Waals surface area contributed by atoms with Gasteiger partial charge >= 0.3 is 0 Å². The zero-order chi connectivity index (χ0) is 13.8. The highest BCUT2D eigenvalue weighted by Crippen LogP contribution is 2.20. The number of hydrogen-bond donors (Lipinski definition) is 0. The molecule has 0 heterocycles. The summed E-state index contributed by atoms with van der Waals surface area (Å²) in [4.78, 5) is 2.69. The summed E-state index contributed by atoms with van der Waals surface area (Å²) in [5.74, 6) is 0. The molecule has 0 aromatic rings. The fourth-order valence-electron chi connectivity index (χ4n) is 2.49. The lowest BCUT2D eigenvalue weighted by Gasteiger charge is -2.29. The Balaban J connectivity index is 4.77. The van der Waals surface area contributed by atoms with Crippen molar-refractivity contribution < 1.29 is 0 Å². The van der Waals surface area contributed by atoms with Crippen molar-refractivity contribution in [3.8, 4) is 0 Å². The van der Waals surface area contributed by atoms with E-state index in [1.54, 1.807) is 10.9 Å². The molecule has 0 saturated heterocycles. The number of allylic oxidation sites excluding steroid dienone is 2. The van der Waals surface area contributed by atoms with Gasteiger partial charge in [0.05, 0.1) is 0 Å². The molecule has 0 rings (SSSR count). The van der Waals surface area contributed by atoms with Crippen molar-refractivity contribution in [3.63, 3.8) is 0 Å². The van der Waals surface area contributed by atoms with Gasteiger partial charge in [-0.15, -0.1) is 0 Å². The Kier molecular flexibility index (Phi) is 11.7. The second-order valence-electron chi connectivity index (χ2n) is 5.42. The molecule has 0 aliphatic rings. The first kappa shape index (κ1) is 17.8. The number of hydrogen-bond acceptors (Lipinski definition) is 1. The van der Waals surface area contributed by atoms with E-state index in [-0.39, 0.29) is 0 Å². The van der Waals surface area contributed by atoms with E-state index < -0.39 is 0 Å². The Labute approximate surface area is 118 Å². The summed E-state index contributed by atoms with van der Waals surface area (Å²) < 4.78 is 0. The summed E-state index contributed by atoms with van der Waals surface area (Å²) in [6.07, 6.45) is 10.6. The van der Waals surface area contributed by atoms with Crippen LogP contribution in [0.3, 0.4) is 0 Å². The van der Waals surface area contributed by atoms with Crippen molar-refractivity contribution in [2.24, 2.45) is 0 Å². The third kappa shape index (κ3) is 7.25. The molecule has 0 atom stereocenters. The van der Waals surface area contributed by atoms with E-state index in [2.05, 4.69) is 32.6 Å². The molecule has 0 N–H and O–H groups in total. The van der Waals surface area contributed by atoms with E-state index in [1.165, 1.54) is 74.7 Å². The first-order chi connectivity index (χ1) is 8.71. The maximum Gasteiger partial charge on any atom is 0.0355 e. The summed E-state index contributed by atoms with van der Waals surface area (Å²) in [6.45, 7) is 11.7. The number of nitrogens with zero attached hydrogens (tertiary/aromatic N) is 1. The third-order valence-electron chi connectivity index (χ3n) is 3.53. The van der Waals surface area contributed by atoms with E-state index in [1.807, 2.05) is 0 Å². The van der Waals surface area contributed by atoms with Gasteiger partial charge in [-0.3, -0.25) is 0 Å². The molecule has 108 valence electrons. The summed E-state index contributed by atoms with van der Waals surface area (Å²) in [5, 5.41) is 1.78. The molecule has 0 aliphatic carbocycles. The van der Waals surface area contributed by atoms with Gasteiger partial charge in [0.25, 0.3) is 0 Å². The summed E-state index contributed by atoms with van der Waals surface area (Å²) >= 11 is 0. The van der Waals surface area contributed by atoms with Crippen molar-refractivity contribution in [1.82, 2.24) is 4.90 Å². The quantitative estimate of drug-likeness (QED) is 0.511. The molecule has 0 aliphatic heterocycles. The first-order valence-electron chi connectivity index (χ1n) is 8.14. The monoisotopic (exact) mass is 269 g/mol. The van der Waals surface area contributed by atoms with Crippen molar-refractivity contribution >= 4 is 10.2 Å². The van der Waals surface area contributed by atoms with Gasteiger partial charge in [-0.05, 0) is 32.1 Å². The Morgan fingerprint density at radius 2 is 1.28 bits per heavy atom. The van der Waals surface area contributed by atoms with Gasteiger partial charge in [-0.25, -0.2) is 0 Å². The smallest absolute Gasteiger partial charge is 0.0355 e. The minimum Gasteiger partial charge on any atom is -0.375 e. The highest BCUT2D eigenvalue weighted by molar-refractivity contribution is 6.21. The van der Waals surface area contributed by atoms with Crippen molar-refractivity contribution in [1.29, 1.82) is 0 Å². The third-order valence-corrected chi connectivity index (χ3v) is 4.61.